The molecule has 94 valence electrons. The van der Waals surface area contributed by atoms with Gasteiger partial charge in [0, 0.05) is 59.3 Å². The summed E-state index contributed by atoms with van der Waals surface area (Å²) in [6.07, 6.45) is 0. The van der Waals surface area contributed by atoms with Crippen LogP contribution in [0.3, 0.4) is 0 Å². The highest BCUT2D eigenvalue weighted by molar-refractivity contribution is 7.85. The first-order valence-corrected chi connectivity index (χ1v) is 7.17. The van der Waals surface area contributed by atoms with Gasteiger partial charge >= 0.3 is 0 Å². The van der Waals surface area contributed by atoms with Gasteiger partial charge in [0.15, 0.2) is 0 Å². The third-order valence-corrected chi connectivity index (χ3v) is 4.25. The van der Waals surface area contributed by atoms with Gasteiger partial charge in [0.2, 0.25) is 0 Å². The fourth-order valence-corrected chi connectivity index (χ4v) is 3.09. The van der Waals surface area contributed by atoms with Crippen LogP contribution in [-0.4, -0.2) is 40.8 Å². The van der Waals surface area contributed by atoms with Crippen LogP contribution in [0.1, 0.15) is 5.56 Å². The van der Waals surface area contributed by atoms with Crippen molar-refractivity contribution in [3.63, 3.8) is 0 Å². The number of methoxy groups -OCH3 is 1. The number of benzene rings is 1. The van der Waals surface area contributed by atoms with Gasteiger partial charge in [0.05, 0.1) is 7.11 Å². The van der Waals surface area contributed by atoms with E-state index in [9.17, 15) is 4.21 Å². The molecule has 1 saturated heterocycles. The van der Waals surface area contributed by atoms with Crippen LogP contribution in [0.2, 0.25) is 0 Å². The molecule has 1 aliphatic rings. The summed E-state index contributed by atoms with van der Waals surface area (Å²) in [7, 11) is 1.03. The van der Waals surface area contributed by atoms with Crippen molar-refractivity contribution in [1.29, 1.82) is 0 Å². The number of ether oxygens (including phenoxy) is 1. The molecule has 5 heteroatoms. The second-order valence-corrected chi connectivity index (χ2v) is 5.89. The molecule has 1 fully saturated rings. The average Bonchev–Trinajstić information content (AvgIpc) is 2.34. The van der Waals surface area contributed by atoms with Crippen LogP contribution in [0.25, 0.3) is 0 Å². The standard InChI is InChI=1S/C12H18N2O2S/c1-16-12-8-11(13)3-2-10(12)9-14-4-6-17(15)7-5-14/h2-3,8H,4-7,9,13H2,1H3. The van der Waals surface area contributed by atoms with E-state index in [0.29, 0.717) is 5.69 Å². The maximum absolute atomic E-state index is 11.3. The summed E-state index contributed by atoms with van der Waals surface area (Å²) >= 11 is 0. The summed E-state index contributed by atoms with van der Waals surface area (Å²) < 4.78 is 16.6. The summed E-state index contributed by atoms with van der Waals surface area (Å²) in [4.78, 5) is 2.30. The summed E-state index contributed by atoms with van der Waals surface area (Å²) in [5.41, 5.74) is 7.57. The Bertz CT molecular complexity index is 413. The topological polar surface area (TPSA) is 55.6 Å². The molecule has 1 heterocycles. The zero-order valence-electron chi connectivity index (χ0n) is 10.0. The maximum atomic E-state index is 11.3. The van der Waals surface area contributed by atoms with Gasteiger partial charge in [-0.05, 0) is 6.07 Å². The van der Waals surface area contributed by atoms with Crippen molar-refractivity contribution in [2.45, 2.75) is 6.54 Å². The molecule has 0 spiro atoms. The number of nitrogens with zero attached hydrogens (tertiary/aromatic N) is 1. The Morgan fingerprint density at radius 1 is 1.41 bits per heavy atom. The fraction of sp³-hybridized carbons (Fsp3) is 0.500. The molecular weight excluding hydrogens is 236 g/mol. The number of hydrogen-bond donors (Lipinski definition) is 1. The third-order valence-electron chi connectivity index (χ3n) is 2.98. The van der Waals surface area contributed by atoms with E-state index in [1.807, 2.05) is 18.2 Å². The summed E-state index contributed by atoms with van der Waals surface area (Å²) in [5, 5.41) is 0. The minimum Gasteiger partial charge on any atom is -0.496 e. The van der Waals surface area contributed by atoms with Crippen molar-refractivity contribution in [3.05, 3.63) is 23.8 Å². The summed E-state index contributed by atoms with van der Waals surface area (Å²) in [5.74, 6) is 2.38. The Morgan fingerprint density at radius 2 is 2.12 bits per heavy atom. The molecule has 0 bridgehead atoms. The van der Waals surface area contributed by atoms with E-state index in [-0.39, 0.29) is 0 Å². The first-order chi connectivity index (χ1) is 8.19. The van der Waals surface area contributed by atoms with E-state index in [1.165, 1.54) is 0 Å². The van der Waals surface area contributed by atoms with Gasteiger partial charge in [0.1, 0.15) is 5.75 Å². The van der Waals surface area contributed by atoms with Crippen LogP contribution in [0.15, 0.2) is 18.2 Å². The van der Waals surface area contributed by atoms with E-state index in [4.69, 9.17) is 10.5 Å². The number of hydrogen-bond acceptors (Lipinski definition) is 4. The van der Waals surface area contributed by atoms with E-state index in [1.54, 1.807) is 7.11 Å². The number of nitrogens with two attached hydrogens (primary N) is 1. The van der Waals surface area contributed by atoms with Crippen LogP contribution in [0.5, 0.6) is 5.75 Å². The highest BCUT2D eigenvalue weighted by Gasteiger charge is 2.16. The molecule has 4 nitrogen and oxygen atoms in total. The van der Waals surface area contributed by atoms with Crippen molar-refractivity contribution in [2.75, 3.05) is 37.4 Å². The van der Waals surface area contributed by atoms with Crippen molar-refractivity contribution >= 4 is 16.5 Å². The van der Waals surface area contributed by atoms with Gasteiger partial charge in [-0.1, -0.05) is 6.07 Å². The SMILES string of the molecule is COc1cc(N)ccc1CN1CCS(=O)CC1. The van der Waals surface area contributed by atoms with Crippen LogP contribution in [-0.2, 0) is 17.3 Å². The number of rotatable bonds is 3. The molecule has 0 unspecified atom stereocenters. The van der Waals surface area contributed by atoms with Gasteiger partial charge in [-0.3, -0.25) is 9.11 Å². The van der Waals surface area contributed by atoms with Crippen molar-refractivity contribution in [2.24, 2.45) is 0 Å². The Kier molecular flexibility index (Phi) is 4.02. The lowest BCUT2D eigenvalue weighted by Crippen LogP contribution is -2.37. The Morgan fingerprint density at radius 3 is 2.76 bits per heavy atom. The lowest BCUT2D eigenvalue weighted by Gasteiger charge is -2.26. The molecule has 0 atom stereocenters. The molecule has 1 aliphatic heterocycles. The number of anilines is 1. The molecule has 0 radical (unpaired) electrons. The summed E-state index contributed by atoms with van der Waals surface area (Å²) in [6.45, 7) is 2.61. The second-order valence-electron chi connectivity index (χ2n) is 4.20. The second kappa shape index (κ2) is 5.51. The smallest absolute Gasteiger partial charge is 0.125 e. The normalized spacial score (nSPS) is 18.2. The number of nitrogen functional groups attached to an aromatic ring is 1. The monoisotopic (exact) mass is 254 g/mol. The van der Waals surface area contributed by atoms with E-state index >= 15 is 0 Å². The van der Waals surface area contributed by atoms with Crippen LogP contribution in [0, 0.1) is 0 Å². The van der Waals surface area contributed by atoms with E-state index < -0.39 is 10.8 Å². The van der Waals surface area contributed by atoms with Crippen LogP contribution < -0.4 is 10.5 Å². The predicted molar refractivity (Wildman–Crippen MR) is 70.6 cm³/mol. The zero-order chi connectivity index (χ0) is 12.3. The largest absolute Gasteiger partial charge is 0.496 e. The van der Waals surface area contributed by atoms with Gasteiger partial charge in [0.25, 0.3) is 0 Å². The molecule has 0 aromatic heterocycles. The first kappa shape index (κ1) is 12.4. The molecule has 17 heavy (non-hydrogen) atoms. The molecule has 0 amide bonds. The van der Waals surface area contributed by atoms with Crippen LogP contribution >= 0.6 is 0 Å². The van der Waals surface area contributed by atoms with Gasteiger partial charge in [-0.2, -0.15) is 0 Å². The van der Waals surface area contributed by atoms with E-state index in [0.717, 1.165) is 42.5 Å². The highest BCUT2D eigenvalue weighted by Crippen LogP contribution is 2.23. The average molecular weight is 254 g/mol. The van der Waals surface area contributed by atoms with Crippen molar-refractivity contribution in [1.82, 2.24) is 4.90 Å². The quantitative estimate of drug-likeness (QED) is 0.812. The molecule has 2 rings (SSSR count). The Hall–Kier alpha value is -1.07. The Balaban J connectivity index is 2.05. The zero-order valence-corrected chi connectivity index (χ0v) is 10.8. The highest BCUT2D eigenvalue weighted by atomic mass is 32.2. The summed E-state index contributed by atoms with van der Waals surface area (Å²) in [6, 6.07) is 5.73. The van der Waals surface area contributed by atoms with Crippen molar-refractivity contribution < 1.29 is 8.95 Å². The molecule has 0 aliphatic carbocycles. The third kappa shape index (κ3) is 3.20. The molecule has 0 saturated carbocycles. The van der Waals surface area contributed by atoms with E-state index in [2.05, 4.69) is 4.90 Å². The van der Waals surface area contributed by atoms with Gasteiger partial charge in [-0.25, -0.2) is 0 Å². The Labute approximate surface area is 104 Å². The fourth-order valence-electron chi connectivity index (χ4n) is 1.97. The molecular formula is C12H18N2O2S. The minimum atomic E-state index is -0.623. The molecule has 2 N–H and O–H groups in total. The molecule has 1 aromatic carbocycles. The van der Waals surface area contributed by atoms with Crippen molar-refractivity contribution in [3.8, 4) is 5.75 Å². The van der Waals surface area contributed by atoms with Gasteiger partial charge in [-0.15, -0.1) is 0 Å². The maximum Gasteiger partial charge on any atom is 0.125 e. The van der Waals surface area contributed by atoms with Crippen LogP contribution in [0.4, 0.5) is 5.69 Å². The lowest BCUT2D eigenvalue weighted by molar-refractivity contribution is 0.285. The first-order valence-electron chi connectivity index (χ1n) is 5.69. The minimum absolute atomic E-state index is 0.623. The lowest BCUT2D eigenvalue weighted by atomic mass is 10.1. The predicted octanol–water partition coefficient (Wildman–Crippen LogP) is 0.842. The van der Waals surface area contributed by atoms with Gasteiger partial charge < -0.3 is 10.5 Å². The molecule has 1 aromatic rings.